The van der Waals surface area contributed by atoms with Crippen LogP contribution in [0.15, 0.2) is 47.6 Å². The Bertz CT molecular complexity index is 738. The first kappa shape index (κ1) is 18.3. The van der Waals surface area contributed by atoms with Crippen LogP contribution in [0, 0.1) is 0 Å². The minimum absolute atomic E-state index is 0.0578. The highest BCUT2D eigenvalue weighted by atomic mass is 16.5. The molecule has 0 heterocycles. The van der Waals surface area contributed by atoms with Gasteiger partial charge in [-0.2, -0.15) is 5.10 Å². The van der Waals surface area contributed by atoms with E-state index in [4.69, 9.17) is 4.74 Å². The molecule has 2 N–H and O–H groups in total. The number of phenolic OH excluding ortho intramolecular Hbond substituents is 1. The van der Waals surface area contributed by atoms with Crippen LogP contribution in [-0.4, -0.2) is 37.4 Å². The van der Waals surface area contributed by atoms with E-state index in [0.29, 0.717) is 16.9 Å². The number of aromatic hydroxyl groups is 1. The first-order valence-electron chi connectivity index (χ1n) is 8.14. The number of anilines is 1. The van der Waals surface area contributed by atoms with Crippen LogP contribution in [0.3, 0.4) is 0 Å². The third-order valence-electron chi connectivity index (χ3n) is 3.86. The summed E-state index contributed by atoms with van der Waals surface area (Å²) in [6.45, 7) is 6.01. The standard InChI is InChI=1S/C19H23N3O3/c1-4-22(5-2)16-8-6-14(7-9-16)19(24)21-20-13-15-12-17(25-3)10-11-18(15)23/h6-13,23H,4-5H2,1-3H3,(H,21,24)/b20-13+. The lowest BCUT2D eigenvalue weighted by atomic mass is 10.2. The third-order valence-corrected chi connectivity index (χ3v) is 3.86. The molecule has 0 aliphatic rings. The van der Waals surface area contributed by atoms with Gasteiger partial charge in [0.05, 0.1) is 13.3 Å². The molecule has 0 radical (unpaired) electrons. The number of hydrazone groups is 1. The maximum absolute atomic E-state index is 12.1. The van der Waals surface area contributed by atoms with Crippen molar-refractivity contribution in [1.29, 1.82) is 0 Å². The molecular formula is C19H23N3O3. The Labute approximate surface area is 147 Å². The summed E-state index contributed by atoms with van der Waals surface area (Å²) < 4.78 is 5.09. The molecule has 0 aromatic heterocycles. The number of methoxy groups -OCH3 is 1. The molecule has 2 rings (SSSR count). The molecule has 6 heteroatoms. The molecule has 0 unspecified atom stereocenters. The predicted octanol–water partition coefficient (Wildman–Crippen LogP) is 3.01. The fraction of sp³-hybridized carbons (Fsp3) is 0.263. The van der Waals surface area contributed by atoms with Gasteiger partial charge in [-0.05, 0) is 56.3 Å². The Hall–Kier alpha value is -3.02. The molecule has 0 spiro atoms. The number of rotatable bonds is 7. The number of nitrogens with zero attached hydrogens (tertiary/aromatic N) is 2. The van der Waals surface area contributed by atoms with Gasteiger partial charge in [-0.25, -0.2) is 5.43 Å². The average Bonchev–Trinajstić information content (AvgIpc) is 2.64. The molecule has 2 aromatic rings. The quantitative estimate of drug-likeness (QED) is 0.600. The highest BCUT2D eigenvalue weighted by Gasteiger charge is 2.07. The molecule has 0 aliphatic carbocycles. The average molecular weight is 341 g/mol. The molecule has 0 bridgehead atoms. The van der Waals surface area contributed by atoms with E-state index in [1.165, 1.54) is 19.4 Å². The molecule has 2 aromatic carbocycles. The minimum Gasteiger partial charge on any atom is -0.507 e. The molecule has 0 saturated heterocycles. The van der Waals surface area contributed by atoms with Gasteiger partial charge in [-0.3, -0.25) is 4.79 Å². The van der Waals surface area contributed by atoms with Crippen molar-refractivity contribution in [2.45, 2.75) is 13.8 Å². The van der Waals surface area contributed by atoms with Gasteiger partial charge in [0.1, 0.15) is 11.5 Å². The van der Waals surface area contributed by atoms with E-state index >= 15 is 0 Å². The Morgan fingerprint density at radius 1 is 1.20 bits per heavy atom. The van der Waals surface area contributed by atoms with E-state index in [2.05, 4.69) is 29.3 Å². The summed E-state index contributed by atoms with van der Waals surface area (Å²) in [6.07, 6.45) is 1.38. The SMILES string of the molecule is CCN(CC)c1ccc(C(=O)N/N=C/c2cc(OC)ccc2O)cc1. The highest BCUT2D eigenvalue weighted by Crippen LogP contribution is 2.21. The lowest BCUT2D eigenvalue weighted by Gasteiger charge is -2.20. The van der Waals surface area contributed by atoms with Crippen molar-refractivity contribution in [2.24, 2.45) is 5.10 Å². The predicted molar refractivity (Wildman–Crippen MR) is 99.7 cm³/mol. The van der Waals surface area contributed by atoms with Gasteiger partial charge < -0.3 is 14.7 Å². The number of benzene rings is 2. The summed E-state index contributed by atoms with van der Waals surface area (Å²) in [7, 11) is 1.54. The topological polar surface area (TPSA) is 74.2 Å². The van der Waals surface area contributed by atoms with Crippen LogP contribution < -0.4 is 15.1 Å². The smallest absolute Gasteiger partial charge is 0.271 e. The molecule has 0 atom stereocenters. The second-order valence-corrected chi connectivity index (χ2v) is 5.34. The molecule has 132 valence electrons. The van der Waals surface area contributed by atoms with Crippen LogP contribution in [0.1, 0.15) is 29.8 Å². The summed E-state index contributed by atoms with van der Waals surface area (Å²) >= 11 is 0. The van der Waals surface area contributed by atoms with Gasteiger partial charge in [0.25, 0.3) is 5.91 Å². The molecule has 1 amide bonds. The monoisotopic (exact) mass is 341 g/mol. The Morgan fingerprint density at radius 3 is 2.48 bits per heavy atom. The summed E-state index contributed by atoms with van der Waals surface area (Å²) in [5.41, 5.74) is 4.50. The van der Waals surface area contributed by atoms with Crippen molar-refractivity contribution in [3.05, 3.63) is 53.6 Å². The zero-order chi connectivity index (χ0) is 18.2. The Balaban J connectivity index is 2.02. The molecule has 0 saturated carbocycles. The van der Waals surface area contributed by atoms with Gasteiger partial charge in [0, 0.05) is 29.9 Å². The van der Waals surface area contributed by atoms with E-state index in [9.17, 15) is 9.90 Å². The third kappa shape index (κ3) is 4.73. The molecule has 25 heavy (non-hydrogen) atoms. The van der Waals surface area contributed by atoms with Gasteiger partial charge in [0.2, 0.25) is 0 Å². The van der Waals surface area contributed by atoms with Crippen LogP contribution in [-0.2, 0) is 0 Å². The lowest BCUT2D eigenvalue weighted by Crippen LogP contribution is -2.22. The number of ether oxygens (including phenoxy) is 1. The number of carbonyl (C=O) groups excluding carboxylic acids is 1. The maximum Gasteiger partial charge on any atom is 0.271 e. The van der Waals surface area contributed by atoms with Crippen LogP contribution in [0.2, 0.25) is 0 Å². The Morgan fingerprint density at radius 2 is 1.88 bits per heavy atom. The summed E-state index contributed by atoms with van der Waals surface area (Å²) in [6, 6.07) is 12.1. The van der Waals surface area contributed by atoms with Crippen molar-refractivity contribution in [3.8, 4) is 11.5 Å². The zero-order valence-corrected chi connectivity index (χ0v) is 14.7. The molecule has 0 fully saturated rings. The fourth-order valence-corrected chi connectivity index (χ4v) is 2.40. The number of amides is 1. The number of hydrogen-bond acceptors (Lipinski definition) is 5. The molecule has 6 nitrogen and oxygen atoms in total. The number of nitrogens with one attached hydrogen (secondary N) is 1. The first-order chi connectivity index (χ1) is 12.1. The second-order valence-electron chi connectivity index (χ2n) is 5.34. The lowest BCUT2D eigenvalue weighted by molar-refractivity contribution is 0.0955. The van der Waals surface area contributed by atoms with Gasteiger partial charge >= 0.3 is 0 Å². The molecule has 0 aliphatic heterocycles. The number of phenols is 1. The zero-order valence-electron chi connectivity index (χ0n) is 14.7. The summed E-state index contributed by atoms with van der Waals surface area (Å²) in [4.78, 5) is 14.3. The van der Waals surface area contributed by atoms with Crippen LogP contribution >= 0.6 is 0 Å². The fourth-order valence-electron chi connectivity index (χ4n) is 2.40. The van der Waals surface area contributed by atoms with Crippen LogP contribution in [0.25, 0.3) is 0 Å². The van der Waals surface area contributed by atoms with Crippen LogP contribution in [0.4, 0.5) is 5.69 Å². The van der Waals surface area contributed by atoms with Gasteiger partial charge in [0.15, 0.2) is 0 Å². The van der Waals surface area contributed by atoms with Crippen molar-refractivity contribution < 1.29 is 14.6 Å². The van der Waals surface area contributed by atoms with Crippen LogP contribution in [0.5, 0.6) is 11.5 Å². The van der Waals surface area contributed by atoms with Gasteiger partial charge in [-0.15, -0.1) is 0 Å². The van der Waals surface area contributed by atoms with Crippen molar-refractivity contribution in [3.63, 3.8) is 0 Å². The summed E-state index contributed by atoms with van der Waals surface area (Å²) in [5, 5.41) is 13.7. The van der Waals surface area contributed by atoms with E-state index in [1.54, 1.807) is 24.3 Å². The van der Waals surface area contributed by atoms with E-state index in [-0.39, 0.29) is 11.7 Å². The van der Waals surface area contributed by atoms with Gasteiger partial charge in [-0.1, -0.05) is 0 Å². The van der Waals surface area contributed by atoms with E-state index in [1.807, 2.05) is 12.1 Å². The van der Waals surface area contributed by atoms with E-state index in [0.717, 1.165) is 18.8 Å². The minimum atomic E-state index is -0.315. The largest absolute Gasteiger partial charge is 0.507 e. The highest BCUT2D eigenvalue weighted by molar-refractivity contribution is 5.95. The number of carbonyl (C=O) groups is 1. The van der Waals surface area contributed by atoms with Crippen molar-refractivity contribution in [2.75, 3.05) is 25.1 Å². The van der Waals surface area contributed by atoms with E-state index < -0.39 is 0 Å². The Kier molecular flexibility index (Phi) is 6.39. The maximum atomic E-state index is 12.1. The van der Waals surface area contributed by atoms with Crippen molar-refractivity contribution in [1.82, 2.24) is 5.43 Å². The van der Waals surface area contributed by atoms with Crippen molar-refractivity contribution >= 4 is 17.8 Å². The summed E-state index contributed by atoms with van der Waals surface area (Å²) in [5.74, 6) is 0.338. The normalized spacial score (nSPS) is 10.7. The second kappa shape index (κ2) is 8.73. The first-order valence-corrected chi connectivity index (χ1v) is 8.14. The molecular weight excluding hydrogens is 318 g/mol. The number of hydrogen-bond donors (Lipinski definition) is 2.